The average molecular weight is 411 g/mol. The highest BCUT2D eigenvalue weighted by atomic mass is 32.1. The summed E-state index contributed by atoms with van der Waals surface area (Å²) in [6.45, 7) is 12.4. The molecular formula is C24H30N2O2S. The van der Waals surface area contributed by atoms with Crippen LogP contribution in [0.5, 0.6) is 11.5 Å². The van der Waals surface area contributed by atoms with E-state index in [1.807, 2.05) is 24.8 Å². The van der Waals surface area contributed by atoms with Gasteiger partial charge in [0.2, 0.25) is 0 Å². The van der Waals surface area contributed by atoms with Crippen molar-refractivity contribution >= 4 is 34.3 Å². The van der Waals surface area contributed by atoms with Crippen LogP contribution in [0.4, 0.5) is 5.69 Å². The van der Waals surface area contributed by atoms with E-state index >= 15 is 0 Å². The first kappa shape index (κ1) is 22.5. The van der Waals surface area contributed by atoms with Gasteiger partial charge in [0.25, 0.3) is 0 Å². The highest BCUT2D eigenvalue weighted by Crippen LogP contribution is 2.36. The standard InChI is InChI=1S/C24H30N2O2S/c1-7-17(8-2)20-13-19(11-10-15(20)4)26(24(29)25-6)16(5)21-12-18(9-3)22(27)14-23(21)28/h7,10-14,27-28H,5,8-9H2,1-4,6H3,(H,25,29)/b17-7-. The van der Waals surface area contributed by atoms with Gasteiger partial charge in [-0.2, -0.15) is 0 Å². The van der Waals surface area contributed by atoms with Gasteiger partial charge in [0.15, 0.2) is 5.11 Å². The molecule has 29 heavy (non-hydrogen) atoms. The summed E-state index contributed by atoms with van der Waals surface area (Å²) in [7, 11) is 1.76. The van der Waals surface area contributed by atoms with Crippen molar-refractivity contribution in [2.24, 2.45) is 0 Å². The number of hydrogen-bond acceptors (Lipinski definition) is 3. The Hall–Kier alpha value is -2.79. The molecule has 0 aliphatic rings. The number of aromatic hydroxyl groups is 2. The lowest BCUT2D eigenvalue weighted by atomic mass is 9.97. The summed E-state index contributed by atoms with van der Waals surface area (Å²) >= 11 is 5.57. The number of anilines is 1. The van der Waals surface area contributed by atoms with E-state index in [1.54, 1.807) is 13.1 Å². The maximum Gasteiger partial charge on any atom is 0.177 e. The Bertz CT molecular complexity index is 964. The van der Waals surface area contributed by atoms with Gasteiger partial charge >= 0.3 is 0 Å². The maximum absolute atomic E-state index is 10.5. The van der Waals surface area contributed by atoms with E-state index in [1.165, 1.54) is 17.2 Å². The molecule has 0 aromatic heterocycles. The smallest absolute Gasteiger partial charge is 0.177 e. The van der Waals surface area contributed by atoms with Crippen molar-refractivity contribution < 1.29 is 10.2 Å². The molecule has 154 valence electrons. The predicted octanol–water partition coefficient (Wildman–Crippen LogP) is 5.76. The lowest BCUT2D eigenvalue weighted by Crippen LogP contribution is -2.36. The summed E-state index contributed by atoms with van der Waals surface area (Å²) in [6, 6.07) is 9.28. The Labute approximate surface area is 179 Å². The first-order valence-electron chi connectivity index (χ1n) is 9.81. The van der Waals surface area contributed by atoms with E-state index in [-0.39, 0.29) is 11.5 Å². The SMILES string of the molecule is C=C(c1cc(CC)c(O)cc1O)N(C(=S)NC)c1ccc(C)c(/C(=C\C)CC)c1. The zero-order valence-electron chi connectivity index (χ0n) is 17.8. The molecule has 3 N–H and O–H groups in total. The minimum Gasteiger partial charge on any atom is -0.508 e. The highest BCUT2D eigenvalue weighted by molar-refractivity contribution is 7.80. The van der Waals surface area contributed by atoms with Crippen LogP contribution < -0.4 is 10.2 Å². The molecule has 0 amide bonds. The fourth-order valence-electron chi connectivity index (χ4n) is 3.41. The number of nitrogens with zero attached hydrogens (tertiary/aromatic N) is 1. The number of thiocarbonyl (C=S) groups is 1. The number of nitrogens with one attached hydrogen (secondary N) is 1. The summed E-state index contributed by atoms with van der Waals surface area (Å²) in [5.74, 6) is 0.0335. The quantitative estimate of drug-likeness (QED) is 0.528. The molecule has 0 bridgehead atoms. The van der Waals surface area contributed by atoms with Gasteiger partial charge in [-0.05, 0) is 79.4 Å². The third-order valence-electron chi connectivity index (χ3n) is 5.13. The molecule has 2 rings (SSSR count). The Balaban J connectivity index is 2.64. The molecule has 5 heteroatoms. The van der Waals surface area contributed by atoms with Crippen molar-refractivity contribution in [1.29, 1.82) is 0 Å². The average Bonchev–Trinajstić information content (AvgIpc) is 2.70. The van der Waals surface area contributed by atoms with E-state index in [2.05, 4.69) is 44.0 Å². The van der Waals surface area contributed by atoms with Crippen molar-refractivity contribution in [1.82, 2.24) is 5.32 Å². The van der Waals surface area contributed by atoms with Crippen molar-refractivity contribution in [2.75, 3.05) is 11.9 Å². The second-order valence-corrected chi connectivity index (χ2v) is 7.24. The third kappa shape index (κ3) is 4.62. The molecule has 0 saturated heterocycles. The van der Waals surface area contributed by atoms with Gasteiger partial charge in [0, 0.05) is 24.4 Å². The molecule has 0 saturated carbocycles. The summed E-state index contributed by atoms with van der Waals surface area (Å²) in [5.41, 5.74) is 6.25. The number of benzene rings is 2. The topological polar surface area (TPSA) is 55.7 Å². The number of hydrogen-bond donors (Lipinski definition) is 3. The van der Waals surface area contributed by atoms with Crippen LogP contribution in [0.3, 0.4) is 0 Å². The van der Waals surface area contributed by atoms with Crippen LogP contribution in [0, 0.1) is 6.92 Å². The Kier molecular flexibility index (Phi) is 7.46. The number of aryl methyl sites for hydroxylation is 2. The van der Waals surface area contributed by atoms with Crippen LogP contribution >= 0.6 is 12.2 Å². The number of allylic oxidation sites excluding steroid dienone is 2. The number of phenols is 2. The number of phenolic OH excluding ortho intramolecular Hbond substituents is 2. The lowest BCUT2D eigenvalue weighted by molar-refractivity contribution is 0.445. The summed E-state index contributed by atoms with van der Waals surface area (Å²) in [6.07, 6.45) is 3.69. The molecular weight excluding hydrogens is 380 g/mol. The first-order valence-corrected chi connectivity index (χ1v) is 10.2. The van der Waals surface area contributed by atoms with Crippen molar-refractivity contribution in [2.45, 2.75) is 40.5 Å². The monoisotopic (exact) mass is 410 g/mol. The zero-order valence-corrected chi connectivity index (χ0v) is 18.7. The summed E-state index contributed by atoms with van der Waals surface area (Å²) < 4.78 is 0. The van der Waals surface area contributed by atoms with E-state index < -0.39 is 0 Å². The van der Waals surface area contributed by atoms with Gasteiger partial charge in [0.05, 0.1) is 5.70 Å². The Morgan fingerprint density at radius 3 is 2.38 bits per heavy atom. The van der Waals surface area contributed by atoms with Gasteiger partial charge in [-0.15, -0.1) is 0 Å². The van der Waals surface area contributed by atoms with Gasteiger partial charge in [-0.25, -0.2) is 0 Å². The predicted molar refractivity (Wildman–Crippen MR) is 127 cm³/mol. The number of rotatable bonds is 6. The minimum absolute atomic E-state index is 0.0383. The van der Waals surface area contributed by atoms with E-state index in [0.29, 0.717) is 22.8 Å². The molecule has 0 fully saturated rings. The molecule has 0 unspecified atom stereocenters. The second kappa shape index (κ2) is 9.61. The highest BCUT2D eigenvalue weighted by Gasteiger charge is 2.21. The molecule has 0 aliphatic heterocycles. The fourth-order valence-corrected chi connectivity index (χ4v) is 3.63. The molecule has 0 heterocycles. The summed E-state index contributed by atoms with van der Waals surface area (Å²) in [4.78, 5) is 1.81. The van der Waals surface area contributed by atoms with Gasteiger partial charge in [-0.3, -0.25) is 4.90 Å². The molecule has 4 nitrogen and oxygen atoms in total. The van der Waals surface area contributed by atoms with E-state index in [9.17, 15) is 10.2 Å². The molecule has 0 spiro atoms. The molecule has 0 radical (unpaired) electrons. The largest absolute Gasteiger partial charge is 0.508 e. The first-order chi connectivity index (χ1) is 13.8. The van der Waals surface area contributed by atoms with Gasteiger partial charge in [0.1, 0.15) is 11.5 Å². The van der Waals surface area contributed by atoms with Crippen LogP contribution in [-0.4, -0.2) is 22.4 Å². The Morgan fingerprint density at radius 1 is 1.14 bits per heavy atom. The zero-order chi connectivity index (χ0) is 21.7. The van der Waals surface area contributed by atoms with Crippen LogP contribution in [0.15, 0.2) is 43.0 Å². The van der Waals surface area contributed by atoms with Crippen molar-refractivity contribution in [3.05, 3.63) is 65.2 Å². The van der Waals surface area contributed by atoms with Crippen LogP contribution in [0.2, 0.25) is 0 Å². The fraction of sp³-hybridized carbons (Fsp3) is 0.292. The van der Waals surface area contributed by atoms with Crippen LogP contribution in [0.1, 0.15) is 49.4 Å². The molecule has 2 aromatic carbocycles. The molecule has 0 aliphatic carbocycles. The van der Waals surface area contributed by atoms with Crippen LogP contribution in [0.25, 0.3) is 11.3 Å². The van der Waals surface area contributed by atoms with E-state index in [4.69, 9.17) is 12.2 Å². The normalized spacial score (nSPS) is 11.3. The van der Waals surface area contributed by atoms with Gasteiger partial charge in [-0.1, -0.05) is 32.6 Å². The summed E-state index contributed by atoms with van der Waals surface area (Å²) in [5, 5.41) is 24.0. The Morgan fingerprint density at radius 2 is 1.83 bits per heavy atom. The molecule has 2 aromatic rings. The van der Waals surface area contributed by atoms with Gasteiger partial charge < -0.3 is 15.5 Å². The molecule has 0 atom stereocenters. The third-order valence-corrected chi connectivity index (χ3v) is 5.52. The van der Waals surface area contributed by atoms with Crippen molar-refractivity contribution in [3.8, 4) is 11.5 Å². The van der Waals surface area contributed by atoms with Crippen molar-refractivity contribution in [3.63, 3.8) is 0 Å². The second-order valence-electron chi connectivity index (χ2n) is 6.86. The lowest BCUT2D eigenvalue weighted by Gasteiger charge is -2.29. The maximum atomic E-state index is 10.5. The minimum atomic E-state index is -0.0383. The van der Waals surface area contributed by atoms with Crippen LogP contribution in [-0.2, 0) is 6.42 Å². The van der Waals surface area contributed by atoms with E-state index in [0.717, 1.165) is 23.2 Å².